The molecule has 9 heteroatoms. The Morgan fingerprint density at radius 1 is 1.37 bits per heavy atom. The van der Waals surface area contributed by atoms with Gasteiger partial charge < -0.3 is 15.6 Å². The molecule has 0 spiro atoms. The van der Waals surface area contributed by atoms with Crippen molar-refractivity contribution in [3.05, 3.63) is 16.4 Å². The Hall–Kier alpha value is -2.00. The smallest absolute Gasteiger partial charge is 0.354 e. The third-order valence-electron chi connectivity index (χ3n) is 2.47. The molecule has 0 saturated carbocycles. The molecule has 0 aliphatic carbocycles. The van der Waals surface area contributed by atoms with Crippen LogP contribution in [0.2, 0.25) is 0 Å². The molecule has 0 atom stereocenters. The first-order chi connectivity index (χ1) is 9.06. The quantitative estimate of drug-likeness (QED) is 0.269. The molecule has 1 heterocycles. The van der Waals surface area contributed by atoms with E-state index in [4.69, 9.17) is 5.84 Å². The first-order valence-corrected chi connectivity index (χ1v) is 5.91. The second-order valence-corrected chi connectivity index (χ2v) is 4.26. The molecule has 9 nitrogen and oxygen atoms in total. The number of anilines is 2. The van der Waals surface area contributed by atoms with Crippen LogP contribution in [0.15, 0.2) is 6.33 Å². The van der Waals surface area contributed by atoms with Gasteiger partial charge in [0.2, 0.25) is 11.6 Å². The summed E-state index contributed by atoms with van der Waals surface area (Å²) in [7, 11) is 4.00. The minimum absolute atomic E-state index is 0.00390. The van der Waals surface area contributed by atoms with Crippen molar-refractivity contribution >= 4 is 17.3 Å². The highest BCUT2D eigenvalue weighted by Crippen LogP contribution is 2.27. The van der Waals surface area contributed by atoms with Gasteiger partial charge in [-0.1, -0.05) is 0 Å². The number of nitrogens with zero attached hydrogens (tertiary/aromatic N) is 4. The molecular weight excluding hydrogens is 250 g/mol. The zero-order valence-electron chi connectivity index (χ0n) is 11.1. The topological polar surface area (TPSA) is 122 Å². The summed E-state index contributed by atoms with van der Waals surface area (Å²) in [4.78, 5) is 20.1. The van der Waals surface area contributed by atoms with Crippen molar-refractivity contribution in [2.45, 2.75) is 12.8 Å². The van der Waals surface area contributed by atoms with E-state index in [1.807, 2.05) is 14.1 Å². The van der Waals surface area contributed by atoms with E-state index in [1.54, 1.807) is 0 Å². The maximum absolute atomic E-state index is 11.0. The summed E-state index contributed by atoms with van der Waals surface area (Å²) in [5.74, 6) is 5.36. The summed E-state index contributed by atoms with van der Waals surface area (Å²) in [6.45, 7) is 1.58. The van der Waals surface area contributed by atoms with Crippen molar-refractivity contribution in [2.24, 2.45) is 5.84 Å². The van der Waals surface area contributed by atoms with E-state index in [1.165, 1.54) is 6.33 Å². The molecular formula is C10H19N7O2. The molecule has 0 radical (unpaired) electrons. The van der Waals surface area contributed by atoms with E-state index in [2.05, 4.69) is 25.6 Å². The molecule has 0 saturated heterocycles. The van der Waals surface area contributed by atoms with Crippen LogP contribution in [0.25, 0.3) is 0 Å². The van der Waals surface area contributed by atoms with E-state index in [-0.39, 0.29) is 17.3 Å². The molecule has 106 valence electrons. The molecule has 0 fully saturated rings. The Labute approximate surface area is 111 Å². The Balaban J connectivity index is 2.60. The number of nitrogen functional groups attached to an aromatic ring is 1. The van der Waals surface area contributed by atoms with Crippen molar-refractivity contribution in [1.82, 2.24) is 14.9 Å². The van der Waals surface area contributed by atoms with Gasteiger partial charge in [0, 0.05) is 6.54 Å². The number of nitro groups is 1. The molecule has 1 aromatic rings. The minimum Gasteiger partial charge on any atom is -0.364 e. The summed E-state index contributed by atoms with van der Waals surface area (Å²) in [6.07, 6.45) is 3.12. The maximum atomic E-state index is 11.0. The van der Waals surface area contributed by atoms with E-state index in [9.17, 15) is 10.1 Å². The normalized spacial score (nSPS) is 10.5. The van der Waals surface area contributed by atoms with Crippen LogP contribution in [0.3, 0.4) is 0 Å². The van der Waals surface area contributed by atoms with Gasteiger partial charge in [-0.3, -0.25) is 10.1 Å². The zero-order valence-corrected chi connectivity index (χ0v) is 11.1. The van der Waals surface area contributed by atoms with Crippen LogP contribution in [0.1, 0.15) is 12.8 Å². The summed E-state index contributed by atoms with van der Waals surface area (Å²) < 4.78 is 0. The number of unbranched alkanes of at least 4 members (excludes halogenated alkanes) is 1. The first-order valence-electron chi connectivity index (χ1n) is 5.91. The fourth-order valence-electron chi connectivity index (χ4n) is 1.55. The monoisotopic (exact) mass is 269 g/mol. The van der Waals surface area contributed by atoms with Crippen molar-refractivity contribution in [3.8, 4) is 0 Å². The van der Waals surface area contributed by atoms with Gasteiger partial charge in [-0.2, -0.15) is 0 Å². The lowest BCUT2D eigenvalue weighted by molar-refractivity contribution is -0.383. The van der Waals surface area contributed by atoms with Crippen LogP contribution in [0, 0.1) is 10.1 Å². The molecule has 19 heavy (non-hydrogen) atoms. The predicted octanol–water partition coefficient (Wildman–Crippen LogP) is 0.424. The highest BCUT2D eigenvalue weighted by molar-refractivity contribution is 5.68. The first kappa shape index (κ1) is 15.1. The number of hydrazine groups is 1. The largest absolute Gasteiger partial charge is 0.364 e. The van der Waals surface area contributed by atoms with Gasteiger partial charge in [-0.25, -0.2) is 15.8 Å². The molecule has 4 N–H and O–H groups in total. The van der Waals surface area contributed by atoms with Crippen molar-refractivity contribution in [2.75, 3.05) is 37.9 Å². The average molecular weight is 269 g/mol. The third kappa shape index (κ3) is 4.64. The molecule has 0 aromatic carbocycles. The second-order valence-electron chi connectivity index (χ2n) is 4.26. The number of hydrogen-bond acceptors (Lipinski definition) is 8. The van der Waals surface area contributed by atoms with Gasteiger partial charge >= 0.3 is 5.69 Å². The minimum atomic E-state index is -0.558. The maximum Gasteiger partial charge on any atom is 0.354 e. The van der Waals surface area contributed by atoms with Crippen molar-refractivity contribution in [1.29, 1.82) is 0 Å². The molecule has 1 aromatic heterocycles. The van der Waals surface area contributed by atoms with Gasteiger partial charge in [-0.15, -0.1) is 0 Å². The third-order valence-corrected chi connectivity index (χ3v) is 2.47. The predicted molar refractivity (Wildman–Crippen MR) is 72.8 cm³/mol. The van der Waals surface area contributed by atoms with Gasteiger partial charge in [0.1, 0.15) is 6.33 Å². The fraction of sp³-hybridized carbons (Fsp3) is 0.600. The van der Waals surface area contributed by atoms with Gasteiger partial charge in [0.05, 0.1) is 4.92 Å². The molecule has 0 aliphatic heterocycles. The van der Waals surface area contributed by atoms with Crippen LogP contribution in [-0.2, 0) is 0 Å². The lowest BCUT2D eigenvalue weighted by Gasteiger charge is -2.10. The van der Waals surface area contributed by atoms with Crippen LogP contribution in [0.4, 0.5) is 17.3 Å². The summed E-state index contributed by atoms with van der Waals surface area (Å²) >= 11 is 0. The van der Waals surface area contributed by atoms with Crippen molar-refractivity contribution in [3.63, 3.8) is 0 Å². The Kier molecular flexibility index (Phi) is 5.90. The molecule has 0 unspecified atom stereocenters. The zero-order chi connectivity index (χ0) is 14.3. The number of hydrogen-bond donors (Lipinski definition) is 3. The molecule has 0 amide bonds. The number of aromatic nitrogens is 2. The van der Waals surface area contributed by atoms with Gasteiger partial charge in [0.15, 0.2) is 0 Å². The van der Waals surface area contributed by atoms with Crippen molar-refractivity contribution < 1.29 is 4.92 Å². The van der Waals surface area contributed by atoms with Crippen LogP contribution in [0.5, 0.6) is 0 Å². The SMILES string of the molecule is CN(C)CCCCNc1ncnc(NN)c1[N+](=O)[O-]. The Bertz CT molecular complexity index is 424. The lowest BCUT2D eigenvalue weighted by Crippen LogP contribution is -2.16. The lowest BCUT2D eigenvalue weighted by atomic mass is 10.3. The number of nitrogens with one attached hydrogen (secondary N) is 2. The van der Waals surface area contributed by atoms with Gasteiger partial charge in [0.25, 0.3) is 0 Å². The fourth-order valence-corrected chi connectivity index (χ4v) is 1.55. The van der Waals surface area contributed by atoms with Crippen LogP contribution in [-0.4, -0.2) is 47.0 Å². The second kappa shape index (κ2) is 7.44. The number of rotatable bonds is 8. The van der Waals surface area contributed by atoms with E-state index < -0.39 is 4.92 Å². The molecule has 1 rings (SSSR count). The van der Waals surface area contributed by atoms with E-state index >= 15 is 0 Å². The van der Waals surface area contributed by atoms with Crippen LogP contribution < -0.4 is 16.6 Å². The van der Waals surface area contributed by atoms with Crippen LogP contribution >= 0.6 is 0 Å². The molecule has 0 aliphatic rings. The number of nitrogens with two attached hydrogens (primary N) is 1. The Morgan fingerprint density at radius 2 is 2.05 bits per heavy atom. The van der Waals surface area contributed by atoms with E-state index in [0.29, 0.717) is 6.54 Å². The van der Waals surface area contributed by atoms with Gasteiger partial charge in [-0.05, 0) is 33.5 Å². The average Bonchev–Trinajstić information content (AvgIpc) is 2.37. The molecule has 0 bridgehead atoms. The summed E-state index contributed by atoms with van der Waals surface area (Å²) in [6, 6.07) is 0. The highest BCUT2D eigenvalue weighted by Gasteiger charge is 2.21. The highest BCUT2D eigenvalue weighted by atomic mass is 16.6. The standard InChI is InChI=1S/C10H19N7O2/c1-16(2)6-4-3-5-12-9-8(17(18)19)10(15-11)14-7-13-9/h7H,3-6,11H2,1-2H3,(H2,12,13,14,15). The summed E-state index contributed by atoms with van der Waals surface area (Å²) in [5.41, 5.74) is 1.96. The summed E-state index contributed by atoms with van der Waals surface area (Å²) in [5, 5.41) is 13.9. The Morgan fingerprint density at radius 3 is 2.63 bits per heavy atom. The van der Waals surface area contributed by atoms with E-state index in [0.717, 1.165) is 19.4 Å².